The molecular formula is C12H2Cl6F3N. The zero-order valence-electron chi connectivity index (χ0n) is 10.0. The Morgan fingerprint density at radius 1 is 0.727 bits per heavy atom. The molecule has 0 aliphatic carbocycles. The molecule has 0 bridgehead atoms. The van der Waals surface area contributed by atoms with Crippen LogP contribution in [0, 0.1) is 0 Å². The third-order valence-corrected chi connectivity index (χ3v) is 5.16. The Morgan fingerprint density at radius 3 is 1.64 bits per heavy atom. The summed E-state index contributed by atoms with van der Waals surface area (Å²) in [7, 11) is 0. The molecule has 0 unspecified atom stereocenters. The van der Waals surface area contributed by atoms with Crippen LogP contribution in [0.3, 0.4) is 0 Å². The van der Waals surface area contributed by atoms with Crippen molar-refractivity contribution in [3.05, 3.63) is 48.0 Å². The smallest absolute Gasteiger partial charge is 0.242 e. The Kier molecular flexibility index (Phi) is 5.32. The van der Waals surface area contributed by atoms with Gasteiger partial charge in [0, 0.05) is 5.56 Å². The van der Waals surface area contributed by atoms with Crippen LogP contribution in [0.15, 0.2) is 12.1 Å². The first-order valence-electron chi connectivity index (χ1n) is 5.31. The highest BCUT2D eigenvalue weighted by Crippen LogP contribution is 2.49. The summed E-state index contributed by atoms with van der Waals surface area (Å²) in [4.78, 5) is 3.46. The van der Waals surface area contributed by atoms with Crippen LogP contribution >= 0.6 is 69.6 Å². The van der Waals surface area contributed by atoms with E-state index < -0.39 is 11.9 Å². The summed E-state index contributed by atoms with van der Waals surface area (Å²) in [5, 5.41) is -0.952. The second-order valence-electron chi connectivity index (χ2n) is 3.97. The Labute approximate surface area is 152 Å². The van der Waals surface area contributed by atoms with Crippen molar-refractivity contribution in [2.45, 2.75) is 6.18 Å². The van der Waals surface area contributed by atoms with Gasteiger partial charge in [-0.2, -0.15) is 13.2 Å². The maximum absolute atomic E-state index is 12.8. The van der Waals surface area contributed by atoms with Crippen molar-refractivity contribution in [3.63, 3.8) is 0 Å². The molecule has 0 spiro atoms. The summed E-state index contributed by atoms with van der Waals surface area (Å²) < 4.78 is 38.4. The molecule has 2 aromatic rings. The van der Waals surface area contributed by atoms with E-state index in [9.17, 15) is 13.2 Å². The fourth-order valence-corrected chi connectivity index (χ4v) is 3.11. The molecule has 0 amide bonds. The maximum Gasteiger partial charge on any atom is 0.433 e. The van der Waals surface area contributed by atoms with Crippen LogP contribution in [0.1, 0.15) is 5.69 Å². The van der Waals surface area contributed by atoms with Crippen LogP contribution in [0.2, 0.25) is 30.1 Å². The molecule has 0 aliphatic heterocycles. The van der Waals surface area contributed by atoms with Crippen LogP contribution in [0.5, 0.6) is 0 Å². The van der Waals surface area contributed by atoms with E-state index in [1.165, 1.54) is 0 Å². The molecule has 1 nitrogen and oxygen atoms in total. The fourth-order valence-electron chi connectivity index (χ4n) is 1.59. The fraction of sp³-hybridized carbons (Fsp3) is 0.0833. The van der Waals surface area contributed by atoms with Gasteiger partial charge in [-0.1, -0.05) is 69.6 Å². The van der Waals surface area contributed by atoms with Crippen LogP contribution in [-0.2, 0) is 6.18 Å². The molecule has 0 fully saturated rings. The molecule has 10 heteroatoms. The van der Waals surface area contributed by atoms with Gasteiger partial charge < -0.3 is 0 Å². The molecule has 22 heavy (non-hydrogen) atoms. The average Bonchev–Trinajstić information content (AvgIpc) is 2.44. The molecule has 0 saturated carbocycles. The van der Waals surface area contributed by atoms with E-state index >= 15 is 0 Å². The predicted octanol–water partition coefficient (Wildman–Crippen LogP) is 7.69. The quantitative estimate of drug-likeness (QED) is 0.334. The van der Waals surface area contributed by atoms with E-state index in [0.29, 0.717) is 0 Å². The zero-order chi connectivity index (χ0) is 16.8. The molecule has 0 saturated heterocycles. The Hall–Kier alpha value is -0.100. The Morgan fingerprint density at radius 2 is 1.18 bits per heavy atom. The summed E-state index contributed by atoms with van der Waals surface area (Å²) >= 11 is 35.5. The molecule has 1 heterocycles. The number of alkyl halides is 3. The summed E-state index contributed by atoms with van der Waals surface area (Å²) in [6.45, 7) is 0. The lowest BCUT2D eigenvalue weighted by molar-refractivity contribution is -0.141. The third-order valence-electron chi connectivity index (χ3n) is 2.58. The highest BCUT2D eigenvalue weighted by Gasteiger charge is 2.34. The standard InChI is InChI=1S/C12H2Cl6F3N/c13-3-1-2-4(12(19,20)21)22-11(3)5-6(14)8(16)10(18)9(17)7(5)15/h1-2H. The maximum atomic E-state index is 12.8. The number of rotatable bonds is 1. The summed E-state index contributed by atoms with van der Waals surface area (Å²) in [5.74, 6) is 0. The van der Waals surface area contributed by atoms with Crippen LogP contribution < -0.4 is 0 Å². The van der Waals surface area contributed by atoms with Crippen molar-refractivity contribution in [3.8, 4) is 11.3 Å². The zero-order valence-corrected chi connectivity index (χ0v) is 14.5. The van der Waals surface area contributed by atoms with E-state index in [4.69, 9.17) is 69.6 Å². The third kappa shape index (κ3) is 3.23. The summed E-state index contributed by atoms with van der Waals surface area (Å²) in [6, 6.07) is 1.75. The summed E-state index contributed by atoms with van der Waals surface area (Å²) in [6.07, 6.45) is -4.67. The van der Waals surface area contributed by atoms with Gasteiger partial charge >= 0.3 is 6.18 Å². The van der Waals surface area contributed by atoms with E-state index in [1.54, 1.807) is 0 Å². The van der Waals surface area contributed by atoms with Gasteiger partial charge in [0.25, 0.3) is 0 Å². The monoisotopic (exact) mass is 427 g/mol. The van der Waals surface area contributed by atoms with Gasteiger partial charge in [0.2, 0.25) is 0 Å². The minimum atomic E-state index is -4.67. The Balaban J connectivity index is 2.83. The van der Waals surface area contributed by atoms with E-state index in [-0.39, 0.29) is 41.4 Å². The van der Waals surface area contributed by atoms with Gasteiger partial charge in [0.05, 0.1) is 35.8 Å². The average molecular weight is 430 g/mol. The van der Waals surface area contributed by atoms with Crippen molar-refractivity contribution < 1.29 is 13.2 Å². The second-order valence-corrected chi connectivity index (χ2v) is 6.27. The first kappa shape index (κ1) is 18.2. The minimum Gasteiger partial charge on any atom is -0.242 e. The highest BCUT2D eigenvalue weighted by atomic mass is 35.5. The first-order valence-corrected chi connectivity index (χ1v) is 7.58. The van der Waals surface area contributed by atoms with Crippen molar-refractivity contribution >= 4 is 69.6 Å². The molecule has 0 atom stereocenters. The van der Waals surface area contributed by atoms with Gasteiger partial charge in [0.15, 0.2) is 0 Å². The van der Waals surface area contributed by atoms with E-state index in [1.807, 2.05) is 0 Å². The molecule has 2 rings (SSSR count). The van der Waals surface area contributed by atoms with Crippen LogP contribution in [-0.4, -0.2) is 4.98 Å². The molecule has 0 N–H and O–H groups in total. The van der Waals surface area contributed by atoms with E-state index in [2.05, 4.69) is 4.98 Å². The summed E-state index contributed by atoms with van der Waals surface area (Å²) in [5.41, 5.74) is -1.59. The van der Waals surface area contributed by atoms with Crippen molar-refractivity contribution in [2.24, 2.45) is 0 Å². The number of pyridine rings is 1. The van der Waals surface area contributed by atoms with Gasteiger partial charge in [0.1, 0.15) is 5.69 Å². The van der Waals surface area contributed by atoms with E-state index in [0.717, 1.165) is 12.1 Å². The van der Waals surface area contributed by atoms with Crippen molar-refractivity contribution in [1.29, 1.82) is 0 Å². The number of nitrogens with zero attached hydrogens (tertiary/aromatic N) is 1. The minimum absolute atomic E-state index is 0.105. The number of hydrogen-bond acceptors (Lipinski definition) is 1. The second kappa shape index (κ2) is 6.42. The van der Waals surface area contributed by atoms with Gasteiger partial charge in [-0.05, 0) is 12.1 Å². The SMILES string of the molecule is FC(F)(F)c1ccc(Cl)c(-c2c(Cl)c(Cl)c(Cl)c(Cl)c2Cl)n1. The largest absolute Gasteiger partial charge is 0.433 e. The molecular weight excluding hydrogens is 428 g/mol. The van der Waals surface area contributed by atoms with Gasteiger partial charge in [-0.3, -0.25) is 0 Å². The molecule has 1 aromatic heterocycles. The van der Waals surface area contributed by atoms with Crippen LogP contribution in [0.25, 0.3) is 11.3 Å². The molecule has 0 aliphatic rings. The lowest BCUT2D eigenvalue weighted by atomic mass is 10.1. The number of benzene rings is 1. The number of aromatic nitrogens is 1. The highest BCUT2D eigenvalue weighted by molar-refractivity contribution is 6.56. The molecule has 118 valence electrons. The molecule has 0 radical (unpaired) electrons. The topological polar surface area (TPSA) is 12.9 Å². The number of halogens is 9. The lowest BCUT2D eigenvalue weighted by Gasteiger charge is -2.14. The first-order chi connectivity index (χ1) is 10.1. The Bertz CT molecular complexity index is 730. The number of hydrogen-bond donors (Lipinski definition) is 0. The molecule has 1 aromatic carbocycles. The van der Waals surface area contributed by atoms with Gasteiger partial charge in [-0.15, -0.1) is 0 Å². The van der Waals surface area contributed by atoms with Crippen LogP contribution in [0.4, 0.5) is 13.2 Å². The predicted molar refractivity (Wildman–Crippen MR) is 84.7 cm³/mol. The van der Waals surface area contributed by atoms with Crippen molar-refractivity contribution in [1.82, 2.24) is 4.98 Å². The normalized spacial score (nSPS) is 11.9. The van der Waals surface area contributed by atoms with Gasteiger partial charge in [-0.25, -0.2) is 4.98 Å². The lowest BCUT2D eigenvalue weighted by Crippen LogP contribution is -2.08. The van der Waals surface area contributed by atoms with Crippen molar-refractivity contribution in [2.75, 3.05) is 0 Å².